The lowest BCUT2D eigenvalue weighted by atomic mass is 10.1. The molecule has 7 nitrogen and oxygen atoms in total. The predicted octanol–water partition coefficient (Wildman–Crippen LogP) is 6.73. The highest BCUT2D eigenvalue weighted by molar-refractivity contribution is 8.19. The van der Waals surface area contributed by atoms with E-state index in [-0.39, 0.29) is 21.8 Å². The molecular formula is C27H34N2O5S3. The summed E-state index contributed by atoms with van der Waals surface area (Å²) in [6.07, 6.45) is 11.6. The van der Waals surface area contributed by atoms with Crippen molar-refractivity contribution < 1.29 is 22.7 Å². The smallest absolute Gasteiger partial charge is 0.294 e. The fraction of sp³-hybridized carbons (Fsp3) is 0.407. The van der Waals surface area contributed by atoms with E-state index in [1.807, 2.05) is 12.1 Å². The van der Waals surface area contributed by atoms with Gasteiger partial charge in [-0.25, -0.2) is 0 Å². The molecule has 0 aliphatic carbocycles. The van der Waals surface area contributed by atoms with Crippen molar-refractivity contribution in [1.29, 1.82) is 0 Å². The Balaban J connectivity index is 1.73. The second kappa shape index (κ2) is 14.4. The van der Waals surface area contributed by atoms with Crippen molar-refractivity contribution in [2.24, 2.45) is 4.40 Å². The lowest BCUT2D eigenvalue weighted by Crippen LogP contribution is -2.29. The van der Waals surface area contributed by atoms with E-state index in [0.29, 0.717) is 23.0 Å². The second-order valence-electron chi connectivity index (χ2n) is 8.48. The third kappa shape index (κ3) is 8.21. The molecule has 0 saturated carbocycles. The lowest BCUT2D eigenvalue weighted by molar-refractivity contribution is -0.121. The van der Waals surface area contributed by atoms with E-state index >= 15 is 0 Å². The number of sulfonamides is 1. The summed E-state index contributed by atoms with van der Waals surface area (Å²) in [6.45, 7) is 6.64. The summed E-state index contributed by atoms with van der Waals surface area (Å²) in [4.78, 5) is 14.8. The maximum atomic E-state index is 13.1. The van der Waals surface area contributed by atoms with E-state index in [4.69, 9.17) is 9.47 Å². The number of rotatable bonds is 15. The fourth-order valence-corrected chi connectivity index (χ4v) is 6.87. The number of thiophene rings is 1. The molecule has 2 heterocycles. The highest BCUT2D eigenvalue weighted by Crippen LogP contribution is 2.36. The molecule has 10 heteroatoms. The summed E-state index contributed by atoms with van der Waals surface area (Å²) in [7, 11) is -2.32. The maximum Gasteiger partial charge on any atom is 0.294 e. The summed E-state index contributed by atoms with van der Waals surface area (Å²) in [5.74, 6) is 0.898. The number of thioether (sulfide) groups is 1. The normalized spacial score (nSPS) is 16.1. The summed E-state index contributed by atoms with van der Waals surface area (Å²) in [6, 6.07) is 8.60. The van der Waals surface area contributed by atoms with Crippen LogP contribution in [0.5, 0.6) is 11.5 Å². The van der Waals surface area contributed by atoms with Crippen molar-refractivity contribution >= 4 is 50.3 Å². The van der Waals surface area contributed by atoms with Gasteiger partial charge in [0.05, 0.1) is 18.6 Å². The summed E-state index contributed by atoms with van der Waals surface area (Å²) in [5, 5.41) is 1.78. The van der Waals surface area contributed by atoms with Crippen LogP contribution in [0.1, 0.15) is 57.4 Å². The average Bonchev–Trinajstić information content (AvgIpc) is 3.52. The van der Waals surface area contributed by atoms with E-state index in [9.17, 15) is 13.2 Å². The Morgan fingerprint density at radius 1 is 1.08 bits per heavy atom. The van der Waals surface area contributed by atoms with Crippen LogP contribution in [0.2, 0.25) is 0 Å². The first-order valence-corrected chi connectivity index (χ1v) is 15.5. The van der Waals surface area contributed by atoms with Crippen LogP contribution in [0, 0.1) is 0 Å². The fourth-order valence-electron chi connectivity index (χ4n) is 3.71. The van der Waals surface area contributed by atoms with E-state index in [0.717, 1.165) is 41.5 Å². The van der Waals surface area contributed by atoms with E-state index in [1.165, 1.54) is 49.1 Å². The van der Waals surface area contributed by atoms with Gasteiger partial charge in [0.1, 0.15) is 4.21 Å². The van der Waals surface area contributed by atoms with E-state index in [1.54, 1.807) is 30.7 Å². The molecule has 1 aromatic heterocycles. The number of nitrogens with zero attached hydrogens (tertiary/aromatic N) is 2. The molecule has 3 rings (SSSR count). The van der Waals surface area contributed by atoms with Crippen LogP contribution in [0.4, 0.5) is 0 Å². The van der Waals surface area contributed by atoms with Crippen LogP contribution in [0.25, 0.3) is 6.08 Å². The van der Waals surface area contributed by atoms with Gasteiger partial charge < -0.3 is 9.47 Å². The first kappa shape index (κ1) is 29.0. The SMILES string of the molecule is C=CCN1C(=O)C(=Cc2ccc(OC)c(OCCCCCCCCC)c2)SC1=NS(=O)(=O)c1cccs1. The zero-order valence-corrected chi connectivity index (χ0v) is 23.8. The van der Waals surface area contributed by atoms with Gasteiger partial charge in [-0.2, -0.15) is 8.42 Å². The van der Waals surface area contributed by atoms with Gasteiger partial charge in [-0.3, -0.25) is 9.69 Å². The average molecular weight is 563 g/mol. The molecule has 0 bridgehead atoms. The van der Waals surface area contributed by atoms with Crippen molar-refractivity contribution in [2.45, 2.75) is 56.1 Å². The highest BCUT2D eigenvalue weighted by atomic mass is 32.2. The van der Waals surface area contributed by atoms with Crippen LogP contribution in [0.15, 0.2) is 61.9 Å². The molecule has 200 valence electrons. The molecule has 1 amide bonds. The minimum absolute atomic E-state index is 0.105. The third-order valence-corrected chi connectivity index (χ3v) is 9.40. The molecule has 37 heavy (non-hydrogen) atoms. The number of methoxy groups -OCH3 is 1. The van der Waals surface area contributed by atoms with Gasteiger partial charge in [-0.05, 0) is 53.4 Å². The molecule has 1 aromatic carbocycles. The standard InChI is InChI=1S/C27H34N2O5S3/c1-4-6-7-8-9-10-11-17-34-23-19-21(14-15-22(23)33-3)20-24-26(30)29(16-5-2)27(36-24)28-37(31,32)25-13-12-18-35-25/h5,12-15,18-20H,2,4,6-11,16-17H2,1,3H3. The van der Waals surface area contributed by atoms with Gasteiger partial charge >= 0.3 is 0 Å². The largest absolute Gasteiger partial charge is 0.493 e. The first-order chi connectivity index (χ1) is 17.9. The van der Waals surface area contributed by atoms with Gasteiger partial charge in [0.2, 0.25) is 0 Å². The number of hydrogen-bond donors (Lipinski definition) is 0. The molecule has 1 aliphatic heterocycles. The van der Waals surface area contributed by atoms with Crippen LogP contribution in [-0.4, -0.2) is 44.7 Å². The molecule has 0 radical (unpaired) electrons. The summed E-state index contributed by atoms with van der Waals surface area (Å²) in [5.41, 5.74) is 0.743. The van der Waals surface area contributed by atoms with Gasteiger partial charge in [-0.1, -0.05) is 63.7 Å². The van der Waals surface area contributed by atoms with Crippen LogP contribution in [0.3, 0.4) is 0 Å². The number of ether oxygens (including phenoxy) is 2. The zero-order chi connectivity index (χ0) is 26.7. The number of hydrogen-bond acceptors (Lipinski definition) is 7. The first-order valence-electron chi connectivity index (χ1n) is 12.4. The van der Waals surface area contributed by atoms with Gasteiger partial charge in [0.15, 0.2) is 16.7 Å². The Morgan fingerprint density at radius 2 is 1.84 bits per heavy atom. The Kier molecular flexibility index (Phi) is 11.3. The molecule has 1 fully saturated rings. The third-order valence-electron chi connectivity index (χ3n) is 5.64. The summed E-state index contributed by atoms with van der Waals surface area (Å²) < 4.78 is 40.9. The molecule has 1 saturated heterocycles. The number of unbranched alkanes of at least 4 members (excludes halogenated alkanes) is 6. The monoisotopic (exact) mass is 562 g/mol. The Bertz CT molecular complexity index is 1220. The second-order valence-corrected chi connectivity index (χ2v) is 12.3. The minimum atomic E-state index is -3.92. The van der Waals surface area contributed by atoms with Crippen molar-refractivity contribution in [3.8, 4) is 11.5 Å². The van der Waals surface area contributed by atoms with Gasteiger partial charge in [0.25, 0.3) is 15.9 Å². The number of carbonyl (C=O) groups excluding carboxylic acids is 1. The van der Waals surface area contributed by atoms with E-state index in [2.05, 4.69) is 17.9 Å². The van der Waals surface area contributed by atoms with Gasteiger partial charge in [0, 0.05) is 6.54 Å². The molecular weight excluding hydrogens is 529 g/mol. The van der Waals surface area contributed by atoms with Crippen LogP contribution in [-0.2, 0) is 14.8 Å². The summed E-state index contributed by atoms with van der Waals surface area (Å²) >= 11 is 2.11. The van der Waals surface area contributed by atoms with Crippen molar-refractivity contribution in [1.82, 2.24) is 4.90 Å². The minimum Gasteiger partial charge on any atom is -0.493 e. The van der Waals surface area contributed by atoms with Crippen molar-refractivity contribution in [2.75, 3.05) is 20.3 Å². The molecule has 1 aliphatic rings. The molecule has 0 spiro atoms. The van der Waals surface area contributed by atoms with Crippen LogP contribution >= 0.6 is 23.1 Å². The maximum absolute atomic E-state index is 13.1. The van der Waals surface area contributed by atoms with E-state index < -0.39 is 10.0 Å². The van der Waals surface area contributed by atoms with Gasteiger partial charge in [-0.15, -0.1) is 22.3 Å². The number of amides is 1. The number of benzene rings is 1. The Labute approximate surface area is 228 Å². The number of carbonyl (C=O) groups is 1. The zero-order valence-electron chi connectivity index (χ0n) is 21.4. The quantitative estimate of drug-likeness (QED) is 0.136. The molecule has 0 N–H and O–H groups in total. The molecule has 0 unspecified atom stereocenters. The van der Waals surface area contributed by atoms with Crippen molar-refractivity contribution in [3.63, 3.8) is 0 Å². The molecule has 2 aromatic rings. The predicted molar refractivity (Wildman–Crippen MR) is 153 cm³/mol. The Hall–Kier alpha value is -2.56. The van der Waals surface area contributed by atoms with Crippen molar-refractivity contribution in [3.05, 3.63) is 58.8 Å². The lowest BCUT2D eigenvalue weighted by Gasteiger charge is -2.12. The molecule has 0 atom stereocenters. The number of amidine groups is 1. The highest BCUT2D eigenvalue weighted by Gasteiger charge is 2.34. The van der Waals surface area contributed by atoms with Crippen LogP contribution < -0.4 is 9.47 Å². The Morgan fingerprint density at radius 3 is 2.51 bits per heavy atom. The topological polar surface area (TPSA) is 85.3 Å².